The van der Waals surface area contributed by atoms with E-state index >= 15 is 0 Å². The van der Waals surface area contributed by atoms with E-state index < -0.39 is 5.91 Å². The lowest BCUT2D eigenvalue weighted by Gasteiger charge is -2.09. The number of hydrogen-bond donors (Lipinski definition) is 2. The number of hydrogen-bond acceptors (Lipinski definition) is 6. The number of aryl methyl sites for hydroxylation is 1. The Balaban J connectivity index is 1.38. The highest BCUT2D eigenvalue weighted by Gasteiger charge is 2.12. The van der Waals surface area contributed by atoms with Gasteiger partial charge in [-0.05, 0) is 48.5 Å². The Morgan fingerprint density at radius 1 is 1.00 bits per heavy atom. The summed E-state index contributed by atoms with van der Waals surface area (Å²) in [7, 11) is 3.26. The second-order valence-corrected chi connectivity index (χ2v) is 6.99. The van der Waals surface area contributed by atoms with Gasteiger partial charge in [-0.2, -0.15) is 5.10 Å². The highest BCUT2D eigenvalue weighted by atomic mass is 16.5. The molecule has 4 rings (SSSR count). The first-order valence-corrected chi connectivity index (χ1v) is 9.67. The van der Waals surface area contributed by atoms with Crippen molar-refractivity contribution in [1.82, 2.24) is 19.3 Å². The molecule has 0 bridgehead atoms. The van der Waals surface area contributed by atoms with Gasteiger partial charge in [0.25, 0.3) is 11.5 Å². The Bertz CT molecular complexity index is 1340. The van der Waals surface area contributed by atoms with Crippen molar-refractivity contribution in [3.63, 3.8) is 0 Å². The molecule has 2 amide bonds. The van der Waals surface area contributed by atoms with Gasteiger partial charge in [-0.3, -0.25) is 23.6 Å². The molecule has 0 aliphatic heterocycles. The largest absolute Gasteiger partial charge is 0.497 e. The summed E-state index contributed by atoms with van der Waals surface area (Å²) in [5, 5.41) is 9.84. The number of benzene rings is 2. The van der Waals surface area contributed by atoms with E-state index in [4.69, 9.17) is 4.74 Å². The monoisotopic (exact) mass is 432 g/mol. The molecule has 2 aromatic carbocycles. The zero-order valence-electron chi connectivity index (χ0n) is 17.4. The van der Waals surface area contributed by atoms with Crippen molar-refractivity contribution in [3.8, 4) is 5.75 Å². The molecule has 0 spiro atoms. The third-order valence-corrected chi connectivity index (χ3v) is 4.81. The van der Waals surface area contributed by atoms with Crippen molar-refractivity contribution in [2.45, 2.75) is 6.54 Å². The second kappa shape index (κ2) is 8.72. The molecule has 0 atom stereocenters. The van der Waals surface area contributed by atoms with E-state index in [-0.39, 0.29) is 18.0 Å². The number of amides is 2. The summed E-state index contributed by atoms with van der Waals surface area (Å²) in [6.45, 7) is -0.198. The molecule has 0 unspecified atom stereocenters. The third kappa shape index (κ3) is 4.33. The topological polar surface area (TPSA) is 120 Å². The fourth-order valence-electron chi connectivity index (χ4n) is 3.12. The summed E-state index contributed by atoms with van der Waals surface area (Å²) in [6, 6.07) is 13.4. The van der Waals surface area contributed by atoms with Crippen LogP contribution < -0.4 is 20.9 Å². The average molecular weight is 432 g/mol. The van der Waals surface area contributed by atoms with E-state index in [0.717, 1.165) is 0 Å². The molecule has 10 heteroatoms. The zero-order valence-corrected chi connectivity index (χ0v) is 17.4. The van der Waals surface area contributed by atoms with Gasteiger partial charge in [0.15, 0.2) is 5.65 Å². The van der Waals surface area contributed by atoms with Crippen LogP contribution in [-0.2, 0) is 18.4 Å². The molecule has 0 aliphatic rings. The van der Waals surface area contributed by atoms with Gasteiger partial charge in [-0.25, -0.2) is 4.98 Å². The molecule has 0 saturated carbocycles. The average Bonchev–Trinajstić information content (AvgIpc) is 3.18. The lowest BCUT2D eigenvalue weighted by molar-refractivity contribution is -0.116. The molecular formula is C22H20N6O4. The summed E-state index contributed by atoms with van der Waals surface area (Å²) in [5.41, 5.74) is 1.68. The maximum Gasteiger partial charge on any atom is 0.264 e. The quantitative estimate of drug-likeness (QED) is 0.481. The number of aromatic nitrogens is 4. The van der Waals surface area contributed by atoms with Gasteiger partial charge in [0.05, 0.1) is 13.3 Å². The number of ether oxygens (including phenoxy) is 1. The van der Waals surface area contributed by atoms with Gasteiger partial charge in [-0.1, -0.05) is 0 Å². The van der Waals surface area contributed by atoms with E-state index in [1.807, 2.05) is 0 Å². The van der Waals surface area contributed by atoms with Gasteiger partial charge in [0.1, 0.15) is 24.0 Å². The minimum absolute atomic E-state index is 0.198. The number of nitrogens with zero attached hydrogens (tertiary/aromatic N) is 4. The van der Waals surface area contributed by atoms with Crippen LogP contribution in [0.25, 0.3) is 11.0 Å². The molecule has 162 valence electrons. The van der Waals surface area contributed by atoms with Crippen LogP contribution in [0.1, 0.15) is 10.4 Å². The predicted molar refractivity (Wildman–Crippen MR) is 119 cm³/mol. The molecule has 32 heavy (non-hydrogen) atoms. The zero-order chi connectivity index (χ0) is 22.7. The summed E-state index contributed by atoms with van der Waals surface area (Å²) in [4.78, 5) is 41.4. The molecule has 2 heterocycles. The third-order valence-electron chi connectivity index (χ3n) is 4.81. The standard InChI is InChI=1S/C22H20N6O4/c1-27-20-18(11-24-27)22(31)28(13-23-20)12-19(29)25-15-5-3-14(4-6-15)21(30)26-16-7-9-17(32-2)10-8-16/h3-11,13H,12H2,1-2H3,(H,25,29)(H,26,30). The molecule has 0 saturated heterocycles. The Labute approximate surface area is 182 Å². The number of nitrogens with one attached hydrogen (secondary N) is 2. The summed E-state index contributed by atoms with van der Waals surface area (Å²) < 4.78 is 7.81. The van der Waals surface area contributed by atoms with Crippen molar-refractivity contribution < 1.29 is 14.3 Å². The summed E-state index contributed by atoms with van der Waals surface area (Å²) >= 11 is 0. The van der Waals surface area contributed by atoms with E-state index in [2.05, 4.69) is 20.7 Å². The van der Waals surface area contributed by atoms with E-state index in [9.17, 15) is 14.4 Å². The number of fused-ring (bicyclic) bond motifs is 1. The van der Waals surface area contributed by atoms with Crippen LogP contribution >= 0.6 is 0 Å². The molecule has 0 aliphatic carbocycles. The smallest absolute Gasteiger partial charge is 0.264 e. The number of carbonyl (C=O) groups excluding carboxylic acids is 2. The van der Waals surface area contributed by atoms with Crippen molar-refractivity contribution in [3.05, 3.63) is 77.0 Å². The van der Waals surface area contributed by atoms with Gasteiger partial charge < -0.3 is 15.4 Å². The van der Waals surface area contributed by atoms with Crippen LogP contribution in [0.15, 0.2) is 65.8 Å². The van der Waals surface area contributed by atoms with Gasteiger partial charge in [0, 0.05) is 24.0 Å². The summed E-state index contributed by atoms with van der Waals surface area (Å²) in [5.74, 6) is 0.0181. The first-order chi connectivity index (χ1) is 15.4. The maximum atomic E-state index is 12.5. The van der Waals surface area contributed by atoms with Crippen LogP contribution in [0.4, 0.5) is 11.4 Å². The minimum Gasteiger partial charge on any atom is -0.497 e. The fourth-order valence-corrected chi connectivity index (χ4v) is 3.12. The molecule has 0 fully saturated rings. The van der Waals surface area contributed by atoms with Gasteiger partial charge >= 0.3 is 0 Å². The first-order valence-electron chi connectivity index (χ1n) is 9.67. The van der Waals surface area contributed by atoms with Crippen molar-refractivity contribution in [1.29, 1.82) is 0 Å². The van der Waals surface area contributed by atoms with Gasteiger partial charge in [-0.15, -0.1) is 0 Å². The Hall–Kier alpha value is -4.47. The number of methoxy groups -OCH3 is 1. The molecule has 2 aromatic heterocycles. The van der Waals surface area contributed by atoms with Crippen LogP contribution in [0.3, 0.4) is 0 Å². The van der Waals surface area contributed by atoms with Crippen LogP contribution in [0.2, 0.25) is 0 Å². The number of anilines is 2. The van der Waals surface area contributed by atoms with Crippen LogP contribution in [0.5, 0.6) is 5.75 Å². The molecule has 4 aromatic rings. The Morgan fingerprint density at radius 3 is 2.34 bits per heavy atom. The Kier molecular flexibility index (Phi) is 5.67. The lowest BCUT2D eigenvalue weighted by atomic mass is 10.2. The van der Waals surface area contributed by atoms with Crippen LogP contribution in [0, 0.1) is 0 Å². The minimum atomic E-state index is -0.396. The number of carbonyl (C=O) groups is 2. The van der Waals surface area contributed by atoms with Crippen molar-refractivity contribution in [2.24, 2.45) is 7.05 Å². The summed E-state index contributed by atoms with van der Waals surface area (Å²) in [6.07, 6.45) is 2.74. The normalized spacial score (nSPS) is 10.7. The van der Waals surface area contributed by atoms with Crippen molar-refractivity contribution in [2.75, 3.05) is 17.7 Å². The first kappa shape index (κ1) is 20.8. The van der Waals surface area contributed by atoms with Crippen LogP contribution in [-0.4, -0.2) is 38.3 Å². The molecule has 0 radical (unpaired) electrons. The lowest BCUT2D eigenvalue weighted by Crippen LogP contribution is -2.27. The van der Waals surface area contributed by atoms with Gasteiger partial charge in [0.2, 0.25) is 5.91 Å². The van der Waals surface area contributed by atoms with E-state index in [1.165, 1.54) is 21.8 Å². The maximum absolute atomic E-state index is 12.5. The van der Waals surface area contributed by atoms with E-state index in [0.29, 0.717) is 33.7 Å². The second-order valence-electron chi connectivity index (χ2n) is 6.99. The predicted octanol–water partition coefficient (Wildman–Crippen LogP) is 2.03. The van der Waals surface area contributed by atoms with E-state index in [1.54, 1.807) is 62.7 Å². The van der Waals surface area contributed by atoms with Crippen molar-refractivity contribution >= 4 is 34.2 Å². The molecule has 10 nitrogen and oxygen atoms in total. The SMILES string of the molecule is COc1ccc(NC(=O)c2ccc(NC(=O)Cn3cnc4c(cnn4C)c3=O)cc2)cc1. The highest BCUT2D eigenvalue weighted by Crippen LogP contribution is 2.17. The Morgan fingerprint density at radius 2 is 1.66 bits per heavy atom. The highest BCUT2D eigenvalue weighted by molar-refractivity contribution is 6.04. The molecule has 2 N–H and O–H groups in total. The fraction of sp³-hybridized carbons (Fsp3) is 0.136. The number of rotatable bonds is 6. The molecular weight excluding hydrogens is 412 g/mol.